The van der Waals surface area contributed by atoms with Crippen LogP contribution in [0.5, 0.6) is 5.75 Å². The van der Waals surface area contributed by atoms with Crippen molar-refractivity contribution < 1.29 is 14.6 Å². The number of hydrogen-bond acceptors (Lipinski definition) is 6. The van der Waals surface area contributed by atoms with E-state index in [0.717, 1.165) is 30.7 Å². The molecule has 3 aromatic carbocycles. The van der Waals surface area contributed by atoms with Crippen molar-refractivity contribution in [2.75, 3.05) is 11.5 Å². The van der Waals surface area contributed by atoms with Crippen molar-refractivity contribution in [3.05, 3.63) is 93.0 Å². The zero-order valence-corrected chi connectivity index (χ0v) is 17.1. The van der Waals surface area contributed by atoms with Crippen molar-refractivity contribution >= 4 is 28.4 Å². The average molecular weight is 421 g/mol. The van der Waals surface area contributed by atoms with Crippen molar-refractivity contribution in [3.63, 3.8) is 0 Å². The van der Waals surface area contributed by atoms with E-state index in [1.807, 2.05) is 29.2 Å². The van der Waals surface area contributed by atoms with E-state index in [4.69, 9.17) is 4.74 Å². The molecule has 0 bridgehead atoms. The normalized spacial score (nSPS) is 10.5. The van der Waals surface area contributed by atoms with Gasteiger partial charge in [0.05, 0.1) is 16.5 Å². The van der Waals surface area contributed by atoms with E-state index in [-0.39, 0.29) is 11.4 Å². The number of hydrogen-bond donors (Lipinski definition) is 0. The summed E-state index contributed by atoms with van der Waals surface area (Å²) >= 11 is 0. The summed E-state index contributed by atoms with van der Waals surface area (Å²) in [6.45, 7) is 2.79. The third-order valence-electron chi connectivity index (χ3n) is 4.75. The molecule has 0 unspecified atom stereocenters. The number of non-ortho nitro benzene ring substituents is 2. The molecule has 8 heteroatoms. The van der Waals surface area contributed by atoms with Gasteiger partial charge >= 0.3 is 0 Å². The van der Waals surface area contributed by atoms with Gasteiger partial charge in [-0.1, -0.05) is 19.8 Å². The first-order chi connectivity index (χ1) is 15.0. The van der Waals surface area contributed by atoms with Crippen LogP contribution in [-0.4, -0.2) is 16.5 Å². The highest BCUT2D eigenvalue weighted by Gasteiger charge is 2.16. The van der Waals surface area contributed by atoms with Gasteiger partial charge in [-0.15, -0.1) is 0 Å². The number of nitrogens with zero attached hydrogens (tertiary/aromatic N) is 3. The Morgan fingerprint density at radius 3 is 1.52 bits per heavy atom. The lowest BCUT2D eigenvalue weighted by Crippen LogP contribution is -2.10. The number of rotatable bonds is 10. The maximum atomic E-state index is 11.0. The molecular weight excluding hydrogens is 398 g/mol. The molecule has 0 spiro atoms. The van der Waals surface area contributed by atoms with Gasteiger partial charge in [-0.05, 0) is 55.0 Å². The number of nitro benzene ring substituents is 2. The quantitative estimate of drug-likeness (QED) is 0.209. The fraction of sp³-hybridized carbons (Fsp3) is 0.217. The van der Waals surface area contributed by atoms with E-state index in [1.54, 1.807) is 24.3 Å². The number of nitro groups is 2. The fourth-order valence-electron chi connectivity index (χ4n) is 3.13. The second kappa shape index (κ2) is 10.2. The van der Waals surface area contributed by atoms with Crippen LogP contribution in [0.4, 0.5) is 28.4 Å². The largest absolute Gasteiger partial charge is 0.494 e. The topological polar surface area (TPSA) is 98.8 Å². The number of unbranched alkanes of at least 4 members (excludes halogenated alkanes) is 2. The Labute approximate surface area is 180 Å². The lowest BCUT2D eigenvalue weighted by molar-refractivity contribution is -0.385. The van der Waals surface area contributed by atoms with Crippen LogP contribution in [0, 0.1) is 20.2 Å². The smallest absolute Gasteiger partial charge is 0.269 e. The molecule has 0 atom stereocenters. The lowest BCUT2D eigenvalue weighted by atomic mass is 10.1. The van der Waals surface area contributed by atoms with Gasteiger partial charge in [-0.2, -0.15) is 0 Å². The molecule has 0 radical (unpaired) electrons. The van der Waals surface area contributed by atoms with E-state index in [1.165, 1.54) is 24.3 Å². The van der Waals surface area contributed by atoms with Crippen LogP contribution in [0.1, 0.15) is 26.2 Å². The first kappa shape index (κ1) is 21.8. The van der Waals surface area contributed by atoms with Gasteiger partial charge in [0.2, 0.25) is 0 Å². The Kier molecular flexibility index (Phi) is 7.16. The third kappa shape index (κ3) is 5.57. The molecule has 3 rings (SSSR count). The minimum absolute atomic E-state index is 0.0109. The Morgan fingerprint density at radius 1 is 0.710 bits per heavy atom. The molecule has 0 N–H and O–H groups in total. The van der Waals surface area contributed by atoms with Crippen molar-refractivity contribution in [1.29, 1.82) is 0 Å². The zero-order valence-electron chi connectivity index (χ0n) is 17.1. The van der Waals surface area contributed by atoms with Gasteiger partial charge in [-0.3, -0.25) is 20.2 Å². The Morgan fingerprint density at radius 2 is 1.13 bits per heavy atom. The van der Waals surface area contributed by atoms with Gasteiger partial charge in [0.1, 0.15) is 5.75 Å². The third-order valence-corrected chi connectivity index (χ3v) is 4.75. The minimum Gasteiger partial charge on any atom is -0.494 e. The monoisotopic (exact) mass is 421 g/mol. The summed E-state index contributed by atoms with van der Waals surface area (Å²) in [4.78, 5) is 23.0. The summed E-state index contributed by atoms with van der Waals surface area (Å²) in [6, 6.07) is 19.8. The predicted octanol–water partition coefficient (Wildman–Crippen LogP) is 6.54. The summed E-state index contributed by atoms with van der Waals surface area (Å²) in [5, 5.41) is 22.0. The van der Waals surface area contributed by atoms with E-state index in [2.05, 4.69) is 6.92 Å². The average Bonchev–Trinajstić information content (AvgIpc) is 2.78. The summed E-state index contributed by atoms with van der Waals surface area (Å²) in [5.74, 6) is 0.757. The van der Waals surface area contributed by atoms with Crippen LogP contribution < -0.4 is 9.64 Å². The zero-order chi connectivity index (χ0) is 22.2. The van der Waals surface area contributed by atoms with Gasteiger partial charge in [0, 0.05) is 41.3 Å². The lowest BCUT2D eigenvalue weighted by Gasteiger charge is -2.25. The summed E-state index contributed by atoms with van der Waals surface area (Å²) < 4.78 is 5.77. The maximum Gasteiger partial charge on any atom is 0.269 e. The molecule has 0 saturated carbocycles. The second-order valence-corrected chi connectivity index (χ2v) is 6.93. The molecule has 160 valence electrons. The van der Waals surface area contributed by atoms with Crippen LogP contribution in [0.25, 0.3) is 0 Å². The van der Waals surface area contributed by atoms with E-state index < -0.39 is 9.85 Å². The van der Waals surface area contributed by atoms with Gasteiger partial charge in [-0.25, -0.2) is 0 Å². The summed E-state index contributed by atoms with van der Waals surface area (Å²) in [6.07, 6.45) is 3.24. The molecule has 0 aromatic heterocycles. The van der Waals surface area contributed by atoms with Crippen LogP contribution >= 0.6 is 0 Å². The van der Waals surface area contributed by atoms with Crippen LogP contribution in [0.15, 0.2) is 72.8 Å². The van der Waals surface area contributed by atoms with Crippen LogP contribution in [0.2, 0.25) is 0 Å². The standard InChI is InChI=1S/C23H23N3O5/c1-2-3-4-17-31-23-15-13-20(14-16-23)24(18-5-9-21(10-6-18)25(27)28)19-7-11-22(12-8-19)26(29)30/h5-16H,2-4,17H2,1H3. The van der Waals surface area contributed by atoms with Crippen molar-refractivity contribution in [2.45, 2.75) is 26.2 Å². The van der Waals surface area contributed by atoms with E-state index in [9.17, 15) is 20.2 Å². The number of anilines is 3. The molecule has 0 saturated heterocycles. The molecule has 0 amide bonds. The summed E-state index contributed by atoms with van der Waals surface area (Å²) in [7, 11) is 0. The molecule has 0 aliphatic rings. The Bertz CT molecular complexity index is 961. The summed E-state index contributed by atoms with van der Waals surface area (Å²) in [5.41, 5.74) is 2.15. The SMILES string of the molecule is CCCCCOc1ccc(N(c2ccc([N+](=O)[O-])cc2)c2ccc([N+](=O)[O-])cc2)cc1. The second-order valence-electron chi connectivity index (χ2n) is 6.93. The predicted molar refractivity (Wildman–Crippen MR) is 119 cm³/mol. The van der Waals surface area contributed by atoms with Crippen molar-refractivity contribution in [2.24, 2.45) is 0 Å². The highest BCUT2D eigenvalue weighted by atomic mass is 16.6. The molecule has 31 heavy (non-hydrogen) atoms. The fourth-order valence-corrected chi connectivity index (χ4v) is 3.13. The molecule has 0 aliphatic heterocycles. The molecule has 0 heterocycles. The maximum absolute atomic E-state index is 11.0. The van der Waals surface area contributed by atoms with Gasteiger partial charge < -0.3 is 9.64 Å². The van der Waals surface area contributed by atoms with Gasteiger partial charge in [0.15, 0.2) is 0 Å². The van der Waals surface area contributed by atoms with Crippen LogP contribution in [0.3, 0.4) is 0 Å². The van der Waals surface area contributed by atoms with Gasteiger partial charge in [0.25, 0.3) is 11.4 Å². The molecule has 0 aliphatic carbocycles. The highest BCUT2D eigenvalue weighted by molar-refractivity contribution is 5.77. The molecule has 3 aromatic rings. The van der Waals surface area contributed by atoms with E-state index in [0.29, 0.717) is 18.0 Å². The number of benzene rings is 3. The first-order valence-corrected chi connectivity index (χ1v) is 10.0. The molecule has 0 fully saturated rings. The number of ether oxygens (including phenoxy) is 1. The van der Waals surface area contributed by atoms with E-state index >= 15 is 0 Å². The molecule has 8 nitrogen and oxygen atoms in total. The Balaban J connectivity index is 1.91. The molecular formula is C23H23N3O5. The minimum atomic E-state index is -0.454. The Hall–Kier alpha value is -3.94. The van der Waals surface area contributed by atoms with Crippen molar-refractivity contribution in [3.8, 4) is 5.75 Å². The highest BCUT2D eigenvalue weighted by Crippen LogP contribution is 2.36. The van der Waals surface area contributed by atoms with Crippen molar-refractivity contribution in [1.82, 2.24) is 0 Å². The first-order valence-electron chi connectivity index (χ1n) is 10.0. The van der Waals surface area contributed by atoms with Crippen LogP contribution in [-0.2, 0) is 0 Å².